The Morgan fingerprint density at radius 3 is 2.38 bits per heavy atom. The van der Waals surface area contributed by atoms with Crippen molar-refractivity contribution in [1.29, 1.82) is 0 Å². The van der Waals surface area contributed by atoms with E-state index >= 15 is 0 Å². The van der Waals surface area contributed by atoms with Crippen LogP contribution in [0.25, 0.3) is 0 Å². The topological polar surface area (TPSA) is 75.3 Å². The molecule has 3 rings (SSSR count). The fourth-order valence-electron chi connectivity index (χ4n) is 2.40. The number of amides is 1. The van der Waals surface area contributed by atoms with Crippen LogP contribution in [0, 0.1) is 0 Å². The second-order valence-corrected chi connectivity index (χ2v) is 8.44. The van der Waals surface area contributed by atoms with Crippen molar-refractivity contribution in [3.63, 3.8) is 0 Å². The molecule has 0 fully saturated rings. The van der Waals surface area contributed by atoms with Gasteiger partial charge in [-0.3, -0.25) is 9.52 Å². The number of sulfonamides is 1. The number of hydrogen-bond donors (Lipinski definition) is 2. The number of carbonyl (C=O) groups excluding carboxylic acids is 1. The predicted octanol–water partition coefficient (Wildman–Crippen LogP) is 4.36. The normalized spacial score (nSPS) is 11.1. The third-order valence-corrected chi connectivity index (χ3v) is 6.56. The Morgan fingerprint density at radius 2 is 1.73 bits per heavy atom. The fraction of sp³-hybridized carbons (Fsp3) is 0.105. The quantitative estimate of drug-likeness (QED) is 0.661. The van der Waals surface area contributed by atoms with Gasteiger partial charge in [0, 0.05) is 5.69 Å². The maximum atomic E-state index is 12.6. The first-order valence-corrected chi connectivity index (χ1v) is 10.4. The number of carbonyl (C=O) groups is 1. The molecule has 0 aliphatic carbocycles. The number of thiophene rings is 1. The summed E-state index contributed by atoms with van der Waals surface area (Å²) in [5, 5.41) is 4.49. The molecule has 1 heterocycles. The molecule has 2 aromatic carbocycles. The molecular weight excluding hydrogens is 368 g/mol. The number of para-hydroxylation sites is 1. The van der Waals surface area contributed by atoms with Gasteiger partial charge < -0.3 is 5.32 Å². The van der Waals surface area contributed by atoms with Crippen LogP contribution in [0.15, 0.2) is 70.3 Å². The average Bonchev–Trinajstić information content (AvgIpc) is 3.18. The van der Waals surface area contributed by atoms with Gasteiger partial charge in [0.15, 0.2) is 0 Å². The van der Waals surface area contributed by atoms with Crippen molar-refractivity contribution in [2.24, 2.45) is 0 Å². The van der Waals surface area contributed by atoms with Crippen LogP contribution in [0.3, 0.4) is 0 Å². The van der Waals surface area contributed by atoms with Gasteiger partial charge in [-0.25, -0.2) is 8.42 Å². The maximum absolute atomic E-state index is 12.6. The average molecular weight is 386 g/mol. The van der Waals surface area contributed by atoms with E-state index < -0.39 is 10.0 Å². The smallest absolute Gasteiger partial charge is 0.271 e. The van der Waals surface area contributed by atoms with Gasteiger partial charge in [-0.1, -0.05) is 37.3 Å². The molecule has 0 atom stereocenters. The van der Waals surface area contributed by atoms with Crippen molar-refractivity contribution in [2.45, 2.75) is 17.6 Å². The summed E-state index contributed by atoms with van der Waals surface area (Å²) in [5.41, 5.74) is 2.33. The van der Waals surface area contributed by atoms with Crippen LogP contribution >= 0.6 is 11.3 Å². The van der Waals surface area contributed by atoms with Crippen molar-refractivity contribution in [3.05, 3.63) is 77.2 Å². The summed E-state index contributed by atoms with van der Waals surface area (Å²) in [6, 6.07) is 17.3. The lowest BCUT2D eigenvalue weighted by Crippen LogP contribution is -2.18. The minimum absolute atomic E-state index is 0.197. The predicted molar refractivity (Wildman–Crippen MR) is 105 cm³/mol. The highest BCUT2D eigenvalue weighted by atomic mass is 32.2. The molecule has 0 aliphatic rings. The highest BCUT2D eigenvalue weighted by Gasteiger charge is 2.19. The fourth-order valence-corrected chi connectivity index (χ4v) is 4.48. The highest BCUT2D eigenvalue weighted by molar-refractivity contribution is 7.94. The molecule has 7 heteroatoms. The molecule has 0 aliphatic heterocycles. The van der Waals surface area contributed by atoms with E-state index in [2.05, 4.69) is 17.0 Å². The van der Waals surface area contributed by atoms with Crippen molar-refractivity contribution in [2.75, 3.05) is 10.0 Å². The van der Waals surface area contributed by atoms with E-state index in [1.807, 2.05) is 24.3 Å². The van der Waals surface area contributed by atoms with E-state index in [1.165, 1.54) is 11.6 Å². The molecule has 0 bridgehead atoms. The number of benzene rings is 2. The maximum Gasteiger partial charge on any atom is 0.271 e. The monoisotopic (exact) mass is 386 g/mol. The molecule has 3 aromatic rings. The Hall–Kier alpha value is -2.64. The second-order valence-electron chi connectivity index (χ2n) is 5.59. The van der Waals surface area contributed by atoms with Crippen LogP contribution in [-0.4, -0.2) is 14.3 Å². The van der Waals surface area contributed by atoms with Crippen LogP contribution in [0.4, 0.5) is 11.4 Å². The zero-order valence-corrected chi connectivity index (χ0v) is 15.7. The Balaban J connectivity index is 1.83. The van der Waals surface area contributed by atoms with Gasteiger partial charge in [0.05, 0.1) is 11.3 Å². The van der Waals surface area contributed by atoms with Gasteiger partial charge in [0.2, 0.25) is 0 Å². The second kappa shape index (κ2) is 7.72. The summed E-state index contributed by atoms with van der Waals surface area (Å²) in [4.78, 5) is 12.6. The first-order valence-electron chi connectivity index (χ1n) is 8.05. The van der Waals surface area contributed by atoms with E-state index in [9.17, 15) is 13.2 Å². The zero-order chi connectivity index (χ0) is 18.6. The van der Waals surface area contributed by atoms with Crippen molar-refractivity contribution in [3.8, 4) is 0 Å². The number of aryl methyl sites for hydroxylation is 1. The van der Waals surface area contributed by atoms with Gasteiger partial charge in [-0.15, -0.1) is 11.3 Å². The van der Waals surface area contributed by atoms with E-state index in [0.717, 1.165) is 17.8 Å². The van der Waals surface area contributed by atoms with Crippen LogP contribution in [0.2, 0.25) is 0 Å². The third-order valence-electron chi connectivity index (χ3n) is 3.80. The lowest BCUT2D eigenvalue weighted by Gasteiger charge is -2.12. The van der Waals surface area contributed by atoms with Crippen LogP contribution in [0.5, 0.6) is 0 Å². The summed E-state index contributed by atoms with van der Waals surface area (Å²) in [6.07, 6.45) is 0.918. The first-order chi connectivity index (χ1) is 12.5. The first kappa shape index (κ1) is 18.2. The molecule has 1 aromatic heterocycles. The van der Waals surface area contributed by atoms with E-state index in [4.69, 9.17) is 0 Å². The molecule has 2 N–H and O–H groups in total. The van der Waals surface area contributed by atoms with Gasteiger partial charge in [0.1, 0.15) is 4.21 Å². The number of anilines is 2. The molecule has 0 saturated carbocycles. The Bertz CT molecular complexity index is 996. The Morgan fingerprint density at radius 1 is 1.00 bits per heavy atom. The van der Waals surface area contributed by atoms with E-state index in [0.29, 0.717) is 5.69 Å². The van der Waals surface area contributed by atoms with Gasteiger partial charge in [-0.05, 0) is 47.7 Å². The number of hydrogen-bond acceptors (Lipinski definition) is 4. The summed E-state index contributed by atoms with van der Waals surface area (Å²) in [6.45, 7) is 2.06. The minimum Gasteiger partial charge on any atom is -0.322 e. The van der Waals surface area contributed by atoms with Crippen LogP contribution < -0.4 is 10.0 Å². The number of nitrogens with one attached hydrogen (secondary N) is 2. The van der Waals surface area contributed by atoms with E-state index in [1.54, 1.807) is 35.7 Å². The molecule has 1 amide bonds. The lowest BCUT2D eigenvalue weighted by molar-refractivity contribution is 0.102. The van der Waals surface area contributed by atoms with Gasteiger partial charge in [0.25, 0.3) is 15.9 Å². The summed E-state index contributed by atoms with van der Waals surface area (Å²) >= 11 is 1.12. The SMILES string of the molecule is CCc1ccc(NC(=O)c2ccccc2NS(=O)(=O)c2cccs2)cc1. The van der Waals surface area contributed by atoms with Crippen LogP contribution in [-0.2, 0) is 16.4 Å². The lowest BCUT2D eigenvalue weighted by atomic mass is 10.1. The van der Waals surface area contributed by atoms with Gasteiger partial charge >= 0.3 is 0 Å². The molecule has 26 heavy (non-hydrogen) atoms. The third kappa shape index (κ3) is 4.12. The standard InChI is InChI=1S/C19H18N2O3S2/c1-2-14-9-11-15(12-10-14)20-19(22)16-6-3-4-7-17(16)21-26(23,24)18-8-5-13-25-18/h3-13,21H,2H2,1H3,(H,20,22). The van der Waals surface area contributed by atoms with E-state index in [-0.39, 0.29) is 21.4 Å². The largest absolute Gasteiger partial charge is 0.322 e. The Labute approximate surface area is 156 Å². The molecular formula is C19H18N2O3S2. The molecule has 0 unspecified atom stereocenters. The van der Waals surface area contributed by atoms with Crippen molar-refractivity contribution >= 4 is 38.6 Å². The molecule has 0 saturated heterocycles. The molecule has 5 nitrogen and oxygen atoms in total. The van der Waals surface area contributed by atoms with Crippen molar-refractivity contribution < 1.29 is 13.2 Å². The minimum atomic E-state index is -3.72. The highest BCUT2D eigenvalue weighted by Crippen LogP contribution is 2.23. The van der Waals surface area contributed by atoms with Crippen LogP contribution in [0.1, 0.15) is 22.8 Å². The van der Waals surface area contributed by atoms with Crippen molar-refractivity contribution in [1.82, 2.24) is 0 Å². The Kier molecular flexibility index (Phi) is 5.39. The molecule has 134 valence electrons. The molecule has 0 radical (unpaired) electrons. The number of rotatable bonds is 6. The zero-order valence-electron chi connectivity index (χ0n) is 14.1. The summed E-state index contributed by atoms with van der Waals surface area (Å²) in [7, 11) is -3.72. The molecule has 0 spiro atoms. The van der Waals surface area contributed by atoms with Gasteiger partial charge in [-0.2, -0.15) is 0 Å². The summed E-state index contributed by atoms with van der Waals surface area (Å²) < 4.78 is 27.6. The summed E-state index contributed by atoms with van der Waals surface area (Å²) in [5.74, 6) is -0.376.